The highest BCUT2D eigenvalue weighted by molar-refractivity contribution is 9.10. The number of hydrogen-bond acceptors (Lipinski definition) is 2. The molecule has 0 heterocycles. The van der Waals surface area contributed by atoms with E-state index in [4.69, 9.17) is 11.6 Å². The summed E-state index contributed by atoms with van der Waals surface area (Å²) in [5.41, 5.74) is 0.753. The Morgan fingerprint density at radius 3 is 2.58 bits per heavy atom. The highest BCUT2D eigenvalue weighted by atomic mass is 79.9. The summed E-state index contributed by atoms with van der Waals surface area (Å²) >= 11 is 9.48. The van der Waals surface area contributed by atoms with E-state index in [1.54, 1.807) is 6.07 Å². The van der Waals surface area contributed by atoms with Gasteiger partial charge >= 0.3 is 0 Å². The fraction of sp³-hybridized carbons (Fsp3) is 0.500. The molecule has 0 aliphatic carbocycles. The van der Waals surface area contributed by atoms with Crippen LogP contribution in [0.1, 0.15) is 33.6 Å². The lowest BCUT2D eigenvalue weighted by molar-refractivity contribution is -0.122. The Bertz CT molecular complexity index is 435. The van der Waals surface area contributed by atoms with E-state index in [1.807, 2.05) is 19.1 Å². The fourth-order valence-corrected chi connectivity index (χ4v) is 2.26. The summed E-state index contributed by atoms with van der Waals surface area (Å²) in [6, 6.07) is 5.42. The SMILES string of the molecule is CCC(CC)NC(=O)C(C)Nc1cc(Br)ccc1Cl. The van der Waals surface area contributed by atoms with Crippen LogP contribution in [-0.2, 0) is 4.79 Å². The van der Waals surface area contributed by atoms with E-state index in [-0.39, 0.29) is 18.0 Å². The number of amides is 1. The maximum Gasteiger partial charge on any atom is 0.242 e. The van der Waals surface area contributed by atoms with Gasteiger partial charge in [0, 0.05) is 10.5 Å². The maximum atomic E-state index is 12.0. The number of carbonyl (C=O) groups is 1. The van der Waals surface area contributed by atoms with Crippen molar-refractivity contribution in [2.75, 3.05) is 5.32 Å². The van der Waals surface area contributed by atoms with Crippen LogP contribution in [0, 0.1) is 0 Å². The molecular formula is C14H20BrClN2O. The Hall–Kier alpha value is -0.740. The third kappa shape index (κ3) is 5.03. The van der Waals surface area contributed by atoms with Crippen molar-refractivity contribution in [3.63, 3.8) is 0 Å². The standard InChI is InChI=1S/C14H20BrClN2O/c1-4-11(5-2)18-14(19)9(3)17-13-8-10(15)6-7-12(13)16/h6-9,11,17H,4-5H2,1-3H3,(H,18,19). The second kappa shape index (κ2) is 7.75. The molecular weight excluding hydrogens is 328 g/mol. The first kappa shape index (κ1) is 16.3. The van der Waals surface area contributed by atoms with E-state index in [9.17, 15) is 4.79 Å². The van der Waals surface area contributed by atoms with Gasteiger partial charge < -0.3 is 10.6 Å². The summed E-state index contributed by atoms with van der Waals surface area (Å²) in [6.07, 6.45) is 1.87. The minimum Gasteiger partial charge on any atom is -0.373 e. The zero-order valence-electron chi connectivity index (χ0n) is 11.5. The number of halogens is 2. The molecule has 0 aliphatic heterocycles. The average Bonchev–Trinajstić information content (AvgIpc) is 2.39. The molecule has 3 nitrogen and oxygen atoms in total. The average molecular weight is 348 g/mol. The molecule has 0 spiro atoms. The van der Waals surface area contributed by atoms with Crippen molar-refractivity contribution in [2.45, 2.75) is 45.7 Å². The third-order valence-corrected chi connectivity index (χ3v) is 3.85. The molecule has 0 aromatic heterocycles. The second-order valence-electron chi connectivity index (χ2n) is 4.51. The molecule has 0 bridgehead atoms. The van der Waals surface area contributed by atoms with E-state index in [1.165, 1.54) is 0 Å². The molecule has 1 amide bonds. The van der Waals surface area contributed by atoms with Crippen molar-refractivity contribution >= 4 is 39.1 Å². The van der Waals surface area contributed by atoms with Crippen LogP contribution in [0.2, 0.25) is 5.02 Å². The van der Waals surface area contributed by atoms with Crippen molar-refractivity contribution < 1.29 is 4.79 Å². The summed E-state index contributed by atoms with van der Waals surface area (Å²) in [7, 11) is 0. The van der Waals surface area contributed by atoms with Gasteiger partial charge in [-0.25, -0.2) is 0 Å². The molecule has 0 saturated carbocycles. The quantitative estimate of drug-likeness (QED) is 0.809. The Labute approximate surface area is 128 Å². The third-order valence-electron chi connectivity index (χ3n) is 3.03. The first-order chi connectivity index (χ1) is 8.97. The smallest absolute Gasteiger partial charge is 0.242 e. The number of anilines is 1. The molecule has 1 aromatic rings. The Morgan fingerprint density at radius 1 is 1.37 bits per heavy atom. The molecule has 19 heavy (non-hydrogen) atoms. The van der Waals surface area contributed by atoms with Gasteiger partial charge in [0.1, 0.15) is 6.04 Å². The highest BCUT2D eigenvalue weighted by Crippen LogP contribution is 2.26. The highest BCUT2D eigenvalue weighted by Gasteiger charge is 2.16. The van der Waals surface area contributed by atoms with Gasteiger partial charge in [-0.3, -0.25) is 4.79 Å². The predicted molar refractivity (Wildman–Crippen MR) is 84.7 cm³/mol. The van der Waals surface area contributed by atoms with Gasteiger partial charge in [0.25, 0.3) is 0 Å². The van der Waals surface area contributed by atoms with Gasteiger partial charge in [0.05, 0.1) is 10.7 Å². The molecule has 0 radical (unpaired) electrons. The van der Waals surface area contributed by atoms with Crippen molar-refractivity contribution in [3.8, 4) is 0 Å². The Morgan fingerprint density at radius 2 is 2.00 bits per heavy atom. The monoisotopic (exact) mass is 346 g/mol. The molecule has 0 fully saturated rings. The van der Waals surface area contributed by atoms with Crippen LogP contribution in [0.5, 0.6) is 0 Å². The van der Waals surface area contributed by atoms with E-state index < -0.39 is 0 Å². The van der Waals surface area contributed by atoms with Crippen LogP contribution >= 0.6 is 27.5 Å². The molecule has 1 aromatic carbocycles. The minimum atomic E-state index is -0.326. The largest absolute Gasteiger partial charge is 0.373 e. The predicted octanol–water partition coefficient (Wildman–Crippen LogP) is 4.21. The molecule has 1 rings (SSSR count). The number of hydrogen-bond donors (Lipinski definition) is 2. The van der Waals surface area contributed by atoms with E-state index >= 15 is 0 Å². The van der Waals surface area contributed by atoms with Crippen molar-refractivity contribution in [1.82, 2.24) is 5.32 Å². The summed E-state index contributed by atoms with van der Waals surface area (Å²) < 4.78 is 0.923. The summed E-state index contributed by atoms with van der Waals surface area (Å²) in [5, 5.41) is 6.75. The summed E-state index contributed by atoms with van der Waals surface area (Å²) in [4.78, 5) is 12.0. The van der Waals surface area contributed by atoms with E-state index in [0.29, 0.717) is 5.02 Å². The molecule has 0 saturated heterocycles. The van der Waals surface area contributed by atoms with Gasteiger partial charge in [-0.1, -0.05) is 41.4 Å². The van der Waals surface area contributed by atoms with Crippen LogP contribution in [0.15, 0.2) is 22.7 Å². The lowest BCUT2D eigenvalue weighted by Gasteiger charge is -2.20. The molecule has 0 aliphatic rings. The molecule has 2 N–H and O–H groups in total. The van der Waals surface area contributed by atoms with Gasteiger partial charge in [-0.2, -0.15) is 0 Å². The summed E-state index contributed by atoms with van der Waals surface area (Å²) in [6.45, 7) is 5.96. The van der Waals surface area contributed by atoms with Gasteiger partial charge in [-0.15, -0.1) is 0 Å². The zero-order valence-corrected chi connectivity index (χ0v) is 13.8. The molecule has 5 heteroatoms. The van der Waals surface area contributed by atoms with Crippen LogP contribution < -0.4 is 10.6 Å². The molecule has 1 unspecified atom stereocenters. The van der Waals surface area contributed by atoms with Gasteiger partial charge in [0.15, 0.2) is 0 Å². The van der Waals surface area contributed by atoms with E-state index in [2.05, 4.69) is 40.4 Å². The number of rotatable bonds is 6. The van der Waals surface area contributed by atoms with Gasteiger partial charge in [0.2, 0.25) is 5.91 Å². The van der Waals surface area contributed by atoms with Crippen molar-refractivity contribution in [3.05, 3.63) is 27.7 Å². The first-order valence-corrected chi connectivity index (χ1v) is 7.67. The summed E-state index contributed by atoms with van der Waals surface area (Å²) in [5.74, 6) is -0.00950. The van der Waals surface area contributed by atoms with Gasteiger partial charge in [-0.05, 0) is 38.0 Å². The lowest BCUT2D eigenvalue weighted by atomic mass is 10.1. The van der Waals surface area contributed by atoms with Crippen LogP contribution in [0.25, 0.3) is 0 Å². The fourth-order valence-electron chi connectivity index (χ4n) is 1.73. The second-order valence-corrected chi connectivity index (χ2v) is 5.84. The lowest BCUT2D eigenvalue weighted by Crippen LogP contribution is -2.42. The van der Waals surface area contributed by atoms with Crippen molar-refractivity contribution in [1.29, 1.82) is 0 Å². The minimum absolute atomic E-state index is 0.00950. The van der Waals surface area contributed by atoms with Crippen LogP contribution in [-0.4, -0.2) is 18.0 Å². The Balaban J connectivity index is 2.65. The number of benzene rings is 1. The van der Waals surface area contributed by atoms with Crippen LogP contribution in [0.3, 0.4) is 0 Å². The molecule has 1 atom stereocenters. The number of nitrogens with one attached hydrogen (secondary N) is 2. The number of carbonyl (C=O) groups excluding carboxylic acids is 1. The topological polar surface area (TPSA) is 41.1 Å². The van der Waals surface area contributed by atoms with Crippen LogP contribution in [0.4, 0.5) is 5.69 Å². The molecule has 106 valence electrons. The van der Waals surface area contributed by atoms with Crippen molar-refractivity contribution in [2.24, 2.45) is 0 Å². The zero-order chi connectivity index (χ0) is 14.4. The maximum absolute atomic E-state index is 12.0. The normalized spacial score (nSPS) is 12.3. The Kier molecular flexibility index (Phi) is 6.66. The first-order valence-electron chi connectivity index (χ1n) is 6.49. The van der Waals surface area contributed by atoms with E-state index in [0.717, 1.165) is 23.0 Å².